The molecule has 1 heterocycles. The van der Waals surface area contributed by atoms with Crippen molar-refractivity contribution in [2.45, 2.75) is 6.54 Å². The first-order valence-electron chi connectivity index (χ1n) is 7.35. The van der Waals surface area contributed by atoms with Crippen LogP contribution in [0.2, 0.25) is 0 Å². The molecular weight excluding hydrogens is 322 g/mol. The zero-order chi connectivity index (χ0) is 16.8. The number of rotatable bonds is 4. The largest absolute Gasteiger partial charge is 0.317 e. The molecule has 0 bridgehead atoms. The van der Waals surface area contributed by atoms with Crippen LogP contribution in [-0.4, -0.2) is 16.8 Å². The van der Waals surface area contributed by atoms with Crippen LogP contribution in [0.1, 0.15) is 5.56 Å². The van der Waals surface area contributed by atoms with Gasteiger partial charge in [-0.2, -0.15) is 0 Å². The lowest BCUT2D eigenvalue weighted by Crippen LogP contribution is -2.39. The van der Waals surface area contributed by atoms with Crippen molar-refractivity contribution in [3.05, 3.63) is 77.8 Å². The predicted molar refractivity (Wildman–Crippen MR) is 94.8 cm³/mol. The van der Waals surface area contributed by atoms with Crippen LogP contribution in [0.25, 0.3) is 0 Å². The summed E-state index contributed by atoms with van der Waals surface area (Å²) in [6.07, 6.45) is 1.57. The fraction of sp³-hybridized carbons (Fsp3) is 0.0556. The van der Waals surface area contributed by atoms with Crippen molar-refractivity contribution >= 4 is 34.0 Å². The molecule has 2 amide bonds. The first kappa shape index (κ1) is 15.9. The van der Waals surface area contributed by atoms with Crippen LogP contribution in [0, 0.1) is 0 Å². The smallest absolute Gasteiger partial charge is 0.300 e. The standard InChI is InChI=1S/C18H15N3O2S/c22-16(20-18-19-11-12-24-18)17(23)21(15-9-5-2-6-10-15)13-14-7-3-1-4-8-14/h1-12H,13H2,(H,19,20,22). The third kappa shape index (κ3) is 3.85. The maximum absolute atomic E-state index is 12.7. The summed E-state index contributed by atoms with van der Waals surface area (Å²) in [6.45, 7) is 0.314. The summed E-state index contributed by atoms with van der Waals surface area (Å²) in [5, 5.41) is 4.67. The molecule has 24 heavy (non-hydrogen) atoms. The highest BCUT2D eigenvalue weighted by molar-refractivity contribution is 7.13. The van der Waals surface area contributed by atoms with E-state index >= 15 is 0 Å². The van der Waals surface area contributed by atoms with E-state index in [2.05, 4.69) is 10.3 Å². The van der Waals surface area contributed by atoms with Gasteiger partial charge in [-0.15, -0.1) is 11.3 Å². The first-order valence-corrected chi connectivity index (χ1v) is 8.23. The second kappa shape index (κ2) is 7.52. The lowest BCUT2D eigenvalue weighted by Gasteiger charge is -2.22. The summed E-state index contributed by atoms with van der Waals surface area (Å²) in [4.78, 5) is 30.4. The third-order valence-electron chi connectivity index (χ3n) is 3.34. The van der Waals surface area contributed by atoms with E-state index in [0.717, 1.165) is 5.56 Å². The van der Waals surface area contributed by atoms with Gasteiger partial charge in [0.15, 0.2) is 5.13 Å². The van der Waals surface area contributed by atoms with E-state index < -0.39 is 11.8 Å². The molecule has 0 saturated heterocycles. The minimum absolute atomic E-state index is 0.314. The molecule has 0 aliphatic heterocycles. The Balaban J connectivity index is 1.83. The van der Waals surface area contributed by atoms with E-state index in [1.807, 2.05) is 48.5 Å². The minimum atomic E-state index is -0.704. The van der Waals surface area contributed by atoms with Crippen LogP contribution in [0.3, 0.4) is 0 Å². The van der Waals surface area contributed by atoms with E-state index in [0.29, 0.717) is 17.4 Å². The van der Waals surface area contributed by atoms with Gasteiger partial charge in [-0.05, 0) is 17.7 Å². The van der Waals surface area contributed by atoms with Gasteiger partial charge in [0.25, 0.3) is 0 Å². The van der Waals surface area contributed by atoms with E-state index in [-0.39, 0.29) is 0 Å². The van der Waals surface area contributed by atoms with Crippen LogP contribution in [0.15, 0.2) is 72.2 Å². The Kier molecular flexibility index (Phi) is 4.98. The van der Waals surface area contributed by atoms with Gasteiger partial charge in [0.2, 0.25) is 0 Å². The van der Waals surface area contributed by atoms with E-state index in [1.165, 1.54) is 16.2 Å². The van der Waals surface area contributed by atoms with Crippen molar-refractivity contribution in [1.82, 2.24) is 4.98 Å². The molecule has 2 aromatic carbocycles. The summed E-state index contributed by atoms with van der Waals surface area (Å²) >= 11 is 1.27. The fourth-order valence-corrected chi connectivity index (χ4v) is 2.74. The number of carbonyl (C=O) groups excluding carboxylic acids is 2. The van der Waals surface area contributed by atoms with Crippen molar-refractivity contribution in [3.63, 3.8) is 0 Å². The quantitative estimate of drug-likeness (QED) is 0.743. The molecule has 0 unspecified atom stereocenters. The van der Waals surface area contributed by atoms with Crippen molar-refractivity contribution in [1.29, 1.82) is 0 Å². The predicted octanol–water partition coefficient (Wildman–Crippen LogP) is 3.32. The molecule has 120 valence electrons. The summed E-state index contributed by atoms with van der Waals surface area (Å²) < 4.78 is 0. The molecule has 1 aromatic heterocycles. The Morgan fingerprint density at radius 3 is 2.29 bits per heavy atom. The summed E-state index contributed by atoms with van der Waals surface area (Å²) in [5.41, 5.74) is 1.61. The lowest BCUT2D eigenvalue weighted by molar-refractivity contribution is -0.134. The van der Waals surface area contributed by atoms with Crippen molar-refractivity contribution < 1.29 is 9.59 Å². The van der Waals surface area contributed by atoms with Gasteiger partial charge < -0.3 is 0 Å². The zero-order valence-electron chi connectivity index (χ0n) is 12.8. The summed E-state index contributed by atoms with van der Waals surface area (Å²) in [7, 11) is 0. The van der Waals surface area contributed by atoms with Gasteiger partial charge in [-0.1, -0.05) is 48.5 Å². The van der Waals surface area contributed by atoms with Gasteiger partial charge in [0.1, 0.15) is 0 Å². The van der Waals surface area contributed by atoms with Crippen LogP contribution < -0.4 is 10.2 Å². The average molecular weight is 337 g/mol. The number of nitrogens with zero attached hydrogens (tertiary/aromatic N) is 2. The van der Waals surface area contributed by atoms with Crippen molar-refractivity contribution in [3.8, 4) is 0 Å². The van der Waals surface area contributed by atoms with Crippen molar-refractivity contribution in [2.24, 2.45) is 0 Å². The van der Waals surface area contributed by atoms with Gasteiger partial charge in [0.05, 0.1) is 6.54 Å². The monoisotopic (exact) mass is 337 g/mol. The summed E-state index contributed by atoms with van der Waals surface area (Å²) in [5.74, 6) is -1.33. The molecule has 0 atom stereocenters. The van der Waals surface area contributed by atoms with Crippen molar-refractivity contribution in [2.75, 3.05) is 10.2 Å². The van der Waals surface area contributed by atoms with Gasteiger partial charge in [-0.3, -0.25) is 19.8 Å². The summed E-state index contributed by atoms with van der Waals surface area (Å²) in [6, 6.07) is 18.7. The van der Waals surface area contributed by atoms with Gasteiger partial charge in [0, 0.05) is 17.3 Å². The lowest BCUT2D eigenvalue weighted by atomic mass is 10.2. The van der Waals surface area contributed by atoms with Crippen LogP contribution >= 0.6 is 11.3 Å². The number of hydrogen-bond acceptors (Lipinski definition) is 4. The number of thiazole rings is 1. The first-order chi connectivity index (χ1) is 11.7. The SMILES string of the molecule is O=C(Nc1nccs1)C(=O)N(Cc1ccccc1)c1ccccc1. The number of para-hydroxylation sites is 1. The number of hydrogen-bond donors (Lipinski definition) is 1. The maximum atomic E-state index is 12.7. The van der Waals surface area contributed by atoms with E-state index in [9.17, 15) is 9.59 Å². The highest BCUT2D eigenvalue weighted by Crippen LogP contribution is 2.18. The number of aromatic nitrogens is 1. The molecule has 0 saturated carbocycles. The molecule has 3 aromatic rings. The van der Waals surface area contributed by atoms with Crippen LogP contribution in [0.5, 0.6) is 0 Å². The zero-order valence-corrected chi connectivity index (χ0v) is 13.6. The maximum Gasteiger partial charge on any atom is 0.317 e. The molecular formula is C18H15N3O2S. The normalized spacial score (nSPS) is 10.2. The van der Waals surface area contributed by atoms with Crippen LogP contribution in [0.4, 0.5) is 10.8 Å². The molecule has 0 aliphatic rings. The Labute approximate surface area is 143 Å². The molecule has 6 heteroatoms. The highest BCUT2D eigenvalue weighted by atomic mass is 32.1. The van der Waals surface area contributed by atoms with Crippen LogP contribution in [-0.2, 0) is 16.1 Å². The Hall–Kier alpha value is -2.99. The van der Waals surface area contributed by atoms with Gasteiger partial charge in [-0.25, -0.2) is 4.98 Å². The second-order valence-corrected chi connectivity index (χ2v) is 5.90. The second-order valence-electron chi connectivity index (χ2n) is 5.00. The highest BCUT2D eigenvalue weighted by Gasteiger charge is 2.24. The number of amides is 2. The Bertz CT molecular complexity index is 805. The van der Waals surface area contributed by atoms with Gasteiger partial charge >= 0.3 is 11.8 Å². The van der Waals surface area contributed by atoms with E-state index in [4.69, 9.17) is 0 Å². The Morgan fingerprint density at radius 2 is 1.67 bits per heavy atom. The number of nitrogens with one attached hydrogen (secondary N) is 1. The molecule has 1 N–H and O–H groups in total. The molecule has 0 fully saturated rings. The number of benzene rings is 2. The molecule has 0 aliphatic carbocycles. The Morgan fingerprint density at radius 1 is 1.00 bits per heavy atom. The number of carbonyl (C=O) groups is 2. The topological polar surface area (TPSA) is 62.3 Å². The third-order valence-corrected chi connectivity index (χ3v) is 4.03. The number of anilines is 2. The molecule has 0 spiro atoms. The minimum Gasteiger partial charge on any atom is -0.300 e. The molecule has 5 nitrogen and oxygen atoms in total. The van der Waals surface area contributed by atoms with E-state index in [1.54, 1.807) is 23.7 Å². The average Bonchev–Trinajstić information content (AvgIpc) is 3.14. The fourth-order valence-electron chi connectivity index (χ4n) is 2.21. The molecule has 0 radical (unpaired) electrons. The molecule has 3 rings (SSSR count).